The van der Waals surface area contributed by atoms with E-state index in [1.807, 2.05) is 18.2 Å². The van der Waals surface area contributed by atoms with Crippen LogP contribution in [0.1, 0.15) is 42.9 Å². The standard InChI is InChI=1S/C20H23NO/c1-15-11-13-16(14-12-15)20(18-9-5-6-10-19(18)22)21-17-7-3-2-4-8-17/h2-4,7-8,11-14,18,20-21H,5-6,9-10H2,1H3/t18-,20+/m0/s1. The van der Waals surface area contributed by atoms with Crippen LogP contribution >= 0.6 is 0 Å². The van der Waals surface area contributed by atoms with E-state index in [0.717, 1.165) is 31.4 Å². The third-order valence-corrected chi connectivity index (χ3v) is 4.54. The first kappa shape index (κ1) is 14.8. The molecule has 22 heavy (non-hydrogen) atoms. The van der Waals surface area contributed by atoms with Gasteiger partial charge in [-0.25, -0.2) is 0 Å². The summed E-state index contributed by atoms with van der Waals surface area (Å²) >= 11 is 0. The number of nitrogens with one attached hydrogen (secondary N) is 1. The van der Waals surface area contributed by atoms with E-state index in [1.165, 1.54) is 11.1 Å². The molecule has 3 rings (SSSR count). The Kier molecular flexibility index (Phi) is 4.57. The van der Waals surface area contributed by atoms with Crippen LogP contribution in [0.2, 0.25) is 0 Å². The number of hydrogen-bond donors (Lipinski definition) is 1. The fraction of sp³-hybridized carbons (Fsp3) is 0.350. The van der Waals surface area contributed by atoms with Crippen LogP contribution in [0.25, 0.3) is 0 Å². The zero-order valence-electron chi connectivity index (χ0n) is 13.1. The summed E-state index contributed by atoms with van der Waals surface area (Å²) in [6.07, 6.45) is 3.90. The predicted molar refractivity (Wildman–Crippen MR) is 90.9 cm³/mol. The highest BCUT2D eigenvalue weighted by molar-refractivity contribution is 5.83. The van der Waals surface area contributed by atoms with Crippen molar-refractivity contribution < 1.29 is 4.79 Å². The van der Waals surface area contributed by atoms with E-state index in [2.05, 4.69) is 48.6 Å². The van der Waals surface area contributed by atoms with Crippen molar-refractivity contribution in [2.45, 2.75) is 38.6 Å². The Labute approximate surface area is 132 Å². The van der Waals surface area contributed by atoms with Crippen LogP contribution < -0.4 is 5.32 Å². The topological polar surface area (TPSA) is 29.1 Å². The van der Waals surface area contributed by atoms with Crippen LogP contribution in [0.4, 0.5) is 5.69 Å². The Balaban J connectivity index is 1.90. The number of carbonyl (C=O) groups excluding carboxylic acids is 1. The van der Waals surface area contributed by atoms with Gasteiger partial charge in [-0.15, -0.1) is 0 Å². The highest BCUT2D eigenvalue weighted by Crippen LogP contribution is 2.34. The summed E-state index contributed by atoms with van der Waals surface area (Å²) in [7, 11) is 0. The average molecular weight is 293 g/mol. The molecule has 1 aliphatic rings. The Bertz CT molecular complexity index is 618. The first-order valence-corrected chi connectivity index (χ1v) is 8.15. The lowest BCUT2D eigenvalue weighted by Crippen LogP contribution is -2.30. The van der Waals surface area contributed by atoms with Gasteiger partial charge in [0.05, 0.1) is 6.04 Å². The molecule has 2 heteroatoms. The number of para-hydroxylation sites is 1. The van der Waals surface area contributed by atoms with E-state index < -0.39 is 0 Å². The maximum Gasteiger partial charge on any atom is 0.138 e. The SMILES string of the molecule is Cc1ccc([C@@H](Nc2ccccc2)[C@H]2CCCCC2=O)cc1. The molecule has 1 fully saturated rings. The maximum atomic E-state index is 12.4. The first-order valence-electron chi connectivity index (χ1n) is 8.15. The van der Waals surface area contributed by atoms with Gasteiger partial charge in [0.25, 0.3) is 0 Å². The monoisotopic (exact) mass is 293 g/mol. The van der Waals surface area contributed by atoms with Crippen molar-refractivity contribution in [1.29, 1.82) is 0 Å². The Morgan fingerprint density at radius 2 is 1.73 bits per heavy atom. The third-order valence-electron chi connectivity index (χ3n) is 4.54. The van der Waals surface area contributed by atoms with Crippen molar-refractivity contribution >= 4 is 11.5 Å². The van der Waals surface area contributed by atoms with Crippen molar-refractivity contribution in [3.63, 3.8) is 0 Å². The number of ketones is 1. The van der Waals surface area contributed by atoms with Gasteiger partial charge in [0.2, 0.25) is 0 Å². The molecule has 2 atom stereocenters. The van der Waals surface area contributed by atoms with Gasteiger partial charge in [-0.1, -0.05) is 54.4 Å². The Hall–Kier alpha value is -2.09. The number of carbonyl (C=O) groups is 1. The zero-order valence-corrected chi connectivity index (χ0v) is 13.1. The highest BCUT2D eigenvalue weighted by atomic mass is 16.1. The molecule has 1 N–H and O–H groups in total. The highest BCUT2D eigenvalue weighted by Gasteiger charge is 2.31. The first-order chi connectivity index (χ1) is 10.7. The van der Waals surface area contributed by atoms with E-state index in [-0.39, 0.29) is 12.0 Å². The second kappa shape index (κ2) is 6.78. The zero-order chi connectivity index (χ0) is 15.4. The van der Waals surface area contributed by atoms with E-state index in [4.69, 9.17) is 0 Å². The number of benzene rings is 2. The normalized spacial score (nSPS) is 19.7. The quantitative estimate of drug-likeness (QED) is 0.868. The Morgan fingerprint density at radius 3 is 2.41 bits per heavy atom. The molecule has 2 aromatic rings. The predicted octanol–water partition coefficient (Wildman–Crippen LogP) is 4.91. The van der Waals surface area contributed by atoms with Gasteiger partial charge < -0.3 is 5.32 Å². The fourth-order valence-corrected chi connectivity index (χ4v) is 3.27. The Morgan fingerprint density at radius 1 is 1.00 bits per heavy atom. The molecule has 1 saturated carbocycles. The lowest BCUT2D eigenvalue weighted by Gasteiger charge is -2.31. The number of hydrogen-bond acceptors (Lipinski definition) is 2. The minimum absolute atomic E-state index is 0.0656. The van der Waals surface area contributed by atoms with Gasteiger partial charge in [0.1, 0.15) is 5.78 Å². The van der Waals surface area contributed by atoms with E-state index in [1.54, 1.807) is 0 Å². The fourth-order valence-electron chi connectivity index (χ4n) is 3.27. The summed E-state index contributed by atoms with van der Waals surface area (Å²) < 4.78 is 0. The number of rotatable bonds is 4. The number of anilines is 1. The molecule has 0 aliphatic heterocycles. The molecule has 0 aromatic heterocycles. The number of aryl methyl sites for hydroxylation is 1. The van der Waals surface area contributed by atoms with Crippen LogP contribution in [0.5, 0.6) is 0 Å². The molecule has 0 amide bonds. The van der Waals surface area contributed by atoms with Crippen LogP contribution in [-0.4, -0.2) is 5.78 Å². The summed E-state index contributed by atoms with van der Waals surface area (Å²) in [4.78, 5) is 12.4. The van der Waals surface area contributed by atoms with Crippen molar-refractivity contribution in [3.05, 3.63) is 65.7 Å². The van der Waals surface area contributed by atoms with Crippen molar-refractivity contribution in [3.8, 4) is 0 Å². The second-order valence-electron chi connectivity index (χ2n) is 6.22. The van der Waals surface area contributed by atoms with Crippen LogP contribution in [0, 0.1) is 12.8 Å². The largest absolute Gasteiger partial charge is 0.378 e. The van der Waals surface area contributed by atoms with Gasteiger partial charge in [-0.3, -0.25) is 4.79 Å². The summed E-state index contributed by atoms with van der Waals surface area (Å²) in [6, 6.07) is 18.8. The summed E-state index contributed by atoms with van der Waals surface area (Å²) in [5, 5.41) is 3.59. The van der Waals surface area contributed by atoms with Crippen LogP contribution in [0.3, 0.4) is 0 Å². The second-order valence-corrected chi connectivity index (χ2v) is 6.22. The van der Waals surface area contributed by atoms with Crippen molar-refractivity contribution in [1.82, 2.24) is 0 Å². The van der Waals surface area contributed by atoms with Crippen molar-refractivity contribution in [2.75, 3.05) is 5.32 Å². The molecule has 0 heterocycles. The van der Waals surface area contributed by atoms with Gasteiger partial charge in [0, 0.05) is 18.0 Å². The van der Waals surface area contributed by atoms with E-state index >= 15 is 0 Å². The molecule has 2 nitrogen and oxygen atoms in total. The van der Waals surface area contributed by atoms with Crippen LogP contribution in [0.15, 0.2) is 54.6 Å². The van der Waals surface area contributed by atoms with E-state index in [0.29, 0.717) is 5.78 Å². The molecule has 114 valence electrons. The summed E-state index contributed by atoms with van der Waals surface area (Å²) in [5.41, 5.74) is 3.53. The minimum atomic E-state index is 0.0656. The molecule has 0 unspecified atom stereocenters. The average Bonchev–Trinajstić information content (AvgIpc) is 2.55. The van der Waals surface area contributed by atoms with Crippen LogP contribution in [-0.2, 0) is 4.79 Å². The van der Waals surface area contributed by atoms with Gasteiger partial charge >= 0.3 is 0 Å². The molecular weight excluding hydrogens is 270 g/mol. The van der Waals surface area contributed by atoms with E-state index in [9.17, 15) is 4.79 Å². The lowest BCUT2D eigenvalue weighted by molar-refractivity contribution is -0.125. The maximum absolute atomic E-state index is 12.4. The lowest BCUT2D eigenvalue weighted by atomic mass is 9.80. The minimum Gasteiger partial charge on any atom is -0.378 e. The summed E-state index contributed by atoms with van der Waals surface area (Å²) in [5.74, 6) is 0.483. The number of Topliss-reactive ketones (excluding diaryl/α,β-unsaturated/α-hetero) is 1. The van der Waals surface area contributed by atoms with Gasteiger partial charge in [-0.2, -0.15) is 0 Å². The molecular formula is C20H23NO. The molecule has 0 radical (unpaired) electrons. The molecule has 1 aliphatic carbocycles. The van der Waals surface area contributed by atoms with Crippen molar-refractivity contribution in [2.24, 2.45) is 5.92 Å². The summed E-state index contributed by atoms with van der Waals surface area (Å²) in [6.45, 7) is 2.09. The molecule has 2 aromatic carbocycles. The van der Waals surface area contributed by atoms with Gasteiger partial charge in [-0.05, 0) is 37.5 Å². The smallest absolute Gasteiger partial charge is 0.138 e. The third kappa shape index (κ3) is 3.38. The van der Waals surface area contributed by atoms with Gasteiger partial charge in [0.15, 0.2) is 0 Å². The molecule has 0 saturated heterocycles. The molecule has 0 bridgehead atoms. The molecule has 0 spiro atoms.